The van der Waals surface area contributed by atoms with Crippen molar-refractivity contribution in [3.8, 4) is 0 Å². The molecule has 9 heteroatoms. The smallest absolute Gasteiger partial charge is 0.325 e. The largest absolute Gasteiger partial charge is 0.454 e. The van der Waals surface area contributed by atoms with Gasteiger partial charge >= 0.3 is 5.97 Å². The highest BCUT2D eigenvalue weighted by Crippen LogP contribution is 2.61. The van der Waals surface area contributed by atoms with Crippen LogP contribution in [0.2, 0.25) is 0 Å². The molecule has 0 spiro atoms. The summed E-state index contributed by atoms with van der Waals surface area (Å²) in [7, 11) is 0. The fraction of sp³-hybridized carbons (Fsp3) is 0.609. The molecule has 4 saturated carbocycles. The van der Waals surface area contributed by atoms with E-state index in [9.17, 15) is 24.5 Å². The van der Waals surface area contributed by atoms with Gasteiger partial charge in [0.25, 0.3) is 11.6 Å². The molecule has 0 aliphatic heterocycles. The predicted octanol–water partition coefficient (Wildman–Crippen LogP) is 3.11. The molecule has 4 bridgehead atoms. The van der Waals surface area contributed by atoms with Gasteiger partial charge in [-0.1, -0.05) is 6.07 Å². The van der Waals surface area contributed by atoms with Gasteiger partial charge in [0, 0.05) is 12.5 Å². The molecule has 2 amide bonds. The van der Waals surface area contributed by atoms with Gasteiger partial charge in [-0.2, -0.15) is 0 Å². The molecule has 0 radical (unpaired) electrons. The molecule has 0 atom stereocenters. The zero-order chi connectivity index (χ0) is 22.9. The van der Waals surface area contributed by atoms with Crippen LogP contribution >= 0.6 is 0 Å². The Bertz CT molecular complexity index is 908. The second kappa shape index (κ2) is 8.88. The first-order valence-electron chi connectivity index (χ1n) is 11.2. The maximum Gasteiger partial charge on any atom is 0.325 e. The highest BCUT2D eigenvalue weighted by Gasteiger charge is 2.51. The number of nitrogens with zero attached hydrogens (tertiary/aromatic N) is 1. The lowest BCUT2D eigenvalue weighted by Gasteiger charge is -2.56. The van der Waals surface area contributed by atoms with E-state index in [0.717, 1.165) is 37.0 Å². The van der Waals surface area contributed by atoms with Gasteiger partial charge in [0.1, 0.15) is 6.54 Å². The van der Waals surface area contributed by atoms with Gasteiger partial charge in [-0.15, -0.1) is 0 Å². The number of carbonyl (C=O) groups excluding carboxylic acids is 3. The Hall–Kier alpha value is -2.97. The van der Waals surface area contributed by atoms with E-state index in [0.29, 0.717) is 12.0 Å². The predicted molar refractivity (Wildman–Crippen MR) is 116 cm³/mol. The van der Waals surface area contributed by atoms with Crippen LogP contribution in [0.4, 0.5) is 11.4 Å². The summed E-state index contributed by atoms with van der Waals surface area (Å²) >= 11 is 0. The normalized spacial score (nSPS) is 27.6. The topological polar surface area (TPSA) is 128 Å². The number of nitro groups is 1. The van der Waals surface area contributed by atoms with Crippen molar-refractivity contribution >= 4 is 29.2 Å². The summed E-state index contributed by atoms with van der Waals surface area (Å²) in [5.74, 6) is 0.823. The lowest BCUT2D eigenvalue weighted by atomic mass is 9.49. The molecule has 32 heavy (non-hydrogen) atoms. The molecule has 0 aromatic heterocycles. The number of rotatable bonds is 8. The second-order valence-corrected chi connectivity index (χ2v) is 9.79. The van der Waals surface area contributed by atoms with Gasteiger partial charge in [0.05, 0.1) is 16.2 Å². The fourth-order valence-corrected chi connectivity index (χ4v) is 6.42. The van der Waals surface area contributed by atoms with Gasteiger partial charge in [0.15, 0.2) is 6.61 Å². The number of nitro benzene ring substituents is 1. The Kier molecular flexibility index (Phi) is 6.17. The van der Waals surface area contributed by atoms with E-state index in [1.165, 1.54) is 44.4 Å². The number of carbonyl (C=O) groups is 3. The van der Waals surface area contributed by atoms with Crippen LogP contribution in [0, 0.1) is 40.2 Å². The Morgan fingerprint density at radius 2 is 1.72 bits per heavy atom. The van der Waals surface area contributed by atoms with Gasteiger partial charge in [-0.3, -0.25) is 24.5 Å². The number of hydrogen-bond acceptors (Lipinski definition) is 6. The summed E-state index contributed by atoms with van der Waals surface area (Å²) in [5, 5.41) is 16.1. The van der Waals surface area contributed by atoms with Gasteiger partial charge in [-0.05, 0) is 74.7 Å². The van der Waals surface area contributed by atoms with E-state index in [1.807, 2.05) is 0 Å². The van der Waals surface area contributed by atoms with Crippen molar-refractivity contribution in [2.24, 2.45) is 23.2 Å². The van der Waals surface area contributed by atoms with Crippen LogP contribution in [-0.4, -0.2) is 35.9 Å². The minimum absolute atomic E-state index is 0.0960. The molecule has 172 valence electrons. The lowest BCUT2D eigenvalue weighted by molar-refractivity contribution is -0.385. The van der Waals surface area contributed by atoms with Crippen LogP contribution in [0.3, 0.4) is 0 Å². The number of anilines is 1. The number of esters is 1. The second-order valence-electron chi connectivity index (χ2n) is 9.79. The first kappa shape index (κ1) is 22.2. The van der Waals surface area contributed by atoms with E-state index in [2.05, 4.69) is 10.6 Å². The van der Waals surface area contributed by atoms with E-state index in [-0.39, 0.29) is 29.2 Å². The van der Waals surface area contributed by atoms with Gasteiger partial charge in [-0.25, -0.2) is 0 Å². The van der Waals surface area contributed by atoms with Crippen LogP contribution in [-0.2, 0) is 19.1 Å². The monoisotopic (exact) mass is 443 g/mol. The highest BCUT2D eigenvalue weighted by molar-refractivity contribution is 5.94. The SMILES string of the molecule is Cc1c(NC(=O)COC(=O)CNC(=O)CC23CC4CC(CC(C4)C2)C3)cccc1[N+](=O)[O-]. The van der Waals surface area contributed by atoms with Gasteiger partial charge in [0.2, 0.25) is 5.91 Å². The third kappa shape index (κ3) is 4.92. The van der Waals surface area contributed by atoms with Crippen LogP contribution in [0.15, 0.2) is 18.2 Å². The average Bonchev–Trinajstić information content (AvgIpc) is 2.70. The molecule has 0 heterocycles. The number of amides is 2. The standard InChI is InChI=1S/C23H29N3O6/c1-14-18(3-2-4-19(14)26(30)31)25-21(28)13-32-22(29)12-24-20(27)11-23-8-15-5-16(9-23)7-17(6-15)10-23/h2-4,15-17H,5-13H2,1H3,(H,24,27)(H,25,28). The molecule has 2 N–H and O–H groups in total. The Morgan fingerprint density at radius 3 is 2.31 bits per heavy atom. The summed E-state index contributed by atoms with van der Waals surface area (Å²) in [6, 6.07) is 4.34. The molecular formula is C23H29N3O6. The van der Waals surface area contributed by atoms with Crippen molar-refractivity contribution in [3.63, 3.8) is 0 Å². The van der Waals surface area contributed by atoms with E-state index < -0.39 is 23.4 Å². The molecule has 5 rings (SSSR count). The highest BCUT2D eigenvalue weighted by atomic mass is 16.6. The minimum Gasteiger partial charge on any atom is -0.454 e. The van der Waals surface area contributed by atoms with Crippen molar-refractivity contribution in [1.29, 1.82) is 0 Å². The molecule has 1 aromatic carbocycles. The number of nitrogens with one attached hydrogen (secondary N) is 2. The maximum absolute atomic E-state index is 12.5. The zero-order valence-corrected chi connectivity index (χ0v) is 18.2. The Morgan fingerprint density at radius 1 is 1.09 bits per heavy atom. The van der Waals surface area contributed by atoms with Gasteiger partial charge < -0.3 is 15.4 Å². The Labute approximate surface area is 186 Å². The van der Waals surface area contributed by atoms with E-state index in [1.54, 1.807) is 0 Å². The van der Waals surface area contributed by atoms with Crippen LogP contribution < -0.4 is 10.6 Å². The molecule has 4 aliphatic carbocycles. The van der Waals surface area contributed by atoms with E-state index in [4.69, 9.17) is 4.74 Å². The lowest BCUT2D eigenvalue weighted by Crippen LogP contribution is -2.48. The molecule has 4 fully saturated rings. The Balaban J connectivity index is 1.19. The number of ether oxygens (including phenoxy) is 1. The molecule has 1 aromatic rings. The first-order valence-corrected chi connectivity index (χ1v) is 11.2. The van der Waals surface area contributed by atoms with Crippen molar-refractivity contribution < 1.29 is 24.0 Å². The van der Waals surface area contributed by atoms with Crippen LogP contribution in [0.1, 0.15) is 50.5 Å². The summed E-state index contributed by atoms with van der Waals surface area (Å²) < 4.78 is 4.94. The number of hydrogen-bond donors (Lipinski definition) is 2. The zero-order valence-electron chi connectivity index (χ0n) is 18.2. The molecule has 4 aliphatic rings. The van der Waals surface area contributed by atoms with Crippen molar-refractivity contribution in [2.75, 3.05) is 18.5 Å². The summed E-state index contributed by atoms with van der Waals surface area (Å²) in [6.45, 7) is 0.708. The summed E-state index contributed by atoms with van der Waals surface area (Å²) in [5.41, 5.74) is 0.582. The van der Waals surface area contributed by atoms with Crippen molar-refractivity contribution in [3.05, 3.63) is 33.9 Å². The molecule has 9 nitrogen and oxygen atoms in total. The third-order valence-corrected chi connectivity index (χ3v) is 7.27. The van der Waals surface area contributed by atoms with Crippen molar-refractivity contribution in [1.82, 2.24) is 5.32 Å². The van der Waals surface area contributed by atoms with Crippen molar-refractivity contribution in [2.45, 2.75) is 51.9 Å². The fourth-order valence-electron chi connectivity index (χ4n) is 6.42. The summed E-state index contributed by atoms with van der Waals surface area (Å²) in [4.78, 5) is 47.0. The first-order chi connectivity index (χ1) is 15.2. The molecular weight excluding hydrogens is 414 g/mol. The maximum atomic E-state index is 12.5. The van der Waals surface area contributed by atoms with Crippen LogP contribution in [0.25, 0.3) is 0 Å². The summed E-state index contributed by atoms with van der Waals surface area (Å²) in [6.07, 6.45) is 7.74. The molecule has 0 unspecified atom stereocenters. The van der Waals surface area contributed by atoms with Crippen LogP contribution in [0.5, 0.6) is 0 Å². The minimum atomic E-state index is -0.699. The third-order valence-electron chi connectivity index (χ3n) is 7.27. The molecule has 0 saturated heterocycles. The average molecular weight is 444 g/mol. The quantitative estimate of drug-likeness (QED) is 0.361. The number of benzene rings is 1. The van der Waals surface area contributed by atoms with E-state index >= 15 is 0 Å².